The van der Waals surface area contributed by atoms with Crippen molar-refractivity contribution in [2.24, 2.45) is 10.7 Å². The van der Waals surface area contributed by atoms with Gasteiger partial charge in [0.25, 0.3) is 0 Å². The lowest BCUT2D eigenvalue weighted by molar-refractivity contribution is -0.139. The summed E-state index contributed by atoms with van der Waals surface area (Å²) in [7, 11) is 2.00. The van der Waals surface area contributed by atoms with Gasteiger partial charge < -0.3 is 25.2 Å². The SMILES string of the molecule is CN1CCN(c2nc3c(N4CCOCC4)nc(C4=CCCC=C(N)N=C4)nc3n2CC(F)(F)F)CC1. The zero-order chi connectivity index (χ0) is 25.3. The molecular weight excluding hydrogens is 475 g/mol. The number of allylic oxidation sites excluding steroid dienone is 3. The van der Waals surface area contributed by atoms with Crippen molar-refractivity contribution in [2.75, 3.05) is 69.3 Å². The molecule has 2 N–H and O–H groups in total. The third kappa shape index (κ3) is 5.31. The Balaban J connectivity index is 1.69. The molecule has 0 atom stereocenters. The van der Waals surface area contributed by atoms with Crippen LogP contribution in [0.15, 0.2) is 23.0 Å². The molecule has 5 heterocycles. The number of ether oxygens (including phenoxy) is 1. The Morgan fingerprint density at radius 3 is 2.39 bits per heavy atom. The van der Waals surface area contributed by atoms with Crippen LogP contribution in [0.1, 0.15) is 18.7 Å². The number of piperazine rings is 1. The number of fused-ring (bicyclic) bond motifs is 1. The van der Waals surface area contributed by atoms with Crippen molar-refractivity contribution in [3.05, 3.63) is 23.8 Å². The summed E-state index contributed by atoms with van der Waals surface area (Å²) >= 11 is 0. The number of aromatic nitrogens is 4. The van der Waals surface area contributed by atoms with Crippen LogP contribution in [-0.2, 0) is 11.3 Å². The Morgan fingerprint density at radius 2 is 1.67 bits per heavy atom. The number of halogens is 3. The van der Waals surface area contributed by atoms with E-state index in [1.165, 1.54) is 4.57 Å². The first-order valence-electron chi connectivity index (χ1n) is 12.1. The van der Waals surface area contributed by atoms with Gasteiger partial charge in [-0.2, -0.15) is 13.2 Å². The maximum Gasteiger partial charge on any atom is 0.406 e. The molecule has 0 aliphatic carbocycles. The Kier molecular flexibility index (Phi) is 6.84. The van der Waals surface area contributed by atoms with E-state index >= 15 is 0 Å². The van der Waals surface area contributed by atoms with Crippen LogP contribution in [0.4, 0.5) is 24.9 Å². The van der Waals surface area contributed by atoms with Gasteiger partial charge in [0.2, 0.25) is 5.95 Å². The highest BCUT2D eigenvalue weighted by atomic mass is 19.4. The van der Waals surface area contributed by atoms with E-state index in [9.17, 15) is 13.2 Å². The smallest absolute Gasteiger partial charge is 0.384 e. The maximum absolute atomic E-state index is 13.8. The van der Waals surface area contributed by atoms with E-state index in [4.69, 9.17) is 20.4 Å². The second-order valence-corrected chi connectivity index (χ2v) is 9.17. The van der Waals surface area contributed by atoms with Crippen LogP contribution < -0.4 is 15.5 Å². The summed E-state index contributed by atoms with van der Waals surface area (Å²) < 4.78 is 48.1. The van der Waals surface area contributed by atoms with E-state index in [1.807, 2.05) is 29.0 Å². The predicted molar refractivity (Wildman–Crippen MR) is 132 cm³/mol. The maximum atomic E-state index is 13.8. The van der Waals surface area contributed by atoms with Crippen LogP contribution in [-0.4, -0.2) is 96.3 Å². The Bertz CT molecular complexity index is 1190. The molecule has 10 nitrogen and oxygen atoms in total. The molecule has 3 aliphatic heterocycles. The standard InChI is InChI=1S/C23H30F3N9O/c1-32-6-8-34(9-7-32)22-29-18-20(33-10-12-36-13-11-33)30-19(16-4-2-3-5-17(27)28-14-16)31-21(18)35(22)15-23(24,25)26/h4-5,14H,2-3,6-13,15,27H2,1H3. The second kappa shape index (κ2) is 10.1. The lowest BCUT2D eigenvalue weighted by Gasteiger charge is -2.33. The summed E-state index contributed by atoms with van der Waals surface area (Å²) in [6.07, 6.45) is 2.27. The molecule has 36 heavy (non-hydrogen) atoms. The second-order valence-electron chi connectivity index (χ2n) is 9.17. The fourth-order valence-corrected chi connectivity index (χ4v) is 4.54. The molecule has 194 valence electrons. The van der Waals surface area contributed by atoms with Crippen LogP contribution >= 0.6 is 0 Å². The number of nitrogens with two attached hydrogens (primary N) is 1. The Hall–Kier alpha value is -3.19. The van der Waals surface area contributed by atoms with Crippen molar-refractivity contribution in [1.82, 2.24) is 24.4 Å². The van der Waals surface area contributed by atoms with Crippen LogP contribution in [0, 0.1) is 0 Å². The van der Waals surface area contributed by atoms with E-state index in [-0.39, 0.29) is 11.6 Å². The van der Waals surface area contributed by atoms with Gasteiger partial charge in [0.15, 0.2) is 22.8 Å². The van der Waals surface area contributed by atoms with Crippen molar-refractivity contribution in [2.45, 2.75) is 25.6 Å². The number of imidazole rings is 1. The molecule has 0 unspecified atom stereocenters. The van der Waals surface area contributed by atoms with E-state index < -0.39 is 12.7 Å². The summed E-state index contributed by atoms with van der Waals surface area (Å²) in [6.45, 7) is 3.56. The summed E-state index contributed by atoms with van der Waals surface area (Å²) in [4.78, 5) is 24.5. The van der Waals surface area contributed by atoms with Gasteiger partial charge in [-0.1, -0.05) is 6.08 Å². The van der Waals surface area contributed by atoms with Gasteiger partial charge in [0.05, 0.1) is 13.2 Å². The Morgan fingerprint density at radius 1 is 0.944 bits per heavy atom. The van der Waals surface area contributed by atoms with Crippen LogP contribution in [0.2, 0.25) is 0 Å². The summed E-state index contributed by atoms with van der Waals surface area (Å²) in [6, 6.07) is 0. The molecule has 3 aliphatic rings. The number of nitrogens with zero attached hydrogens (tertiary/aromatic N) is 8. The molecule has 5 rings (SSSR count). The number of likely N-dealkylation sites (N-methyl/N-ethyl adjacent to an activating group) is 1. The van der Waals surface area contributed by atoms with Gasteiger partial charge in [-0.05, 0) is 26.0 Å². The highest BCUT2D eigenvalue weighted by Crippen LogP contribution is 2.33. The average Bonchev–Trinajstić information content (AvgIpc) is 3.19. The first kappa shape index (κ1) is 24.5. The van der Waals surface area contributed by atoms with E-state index in [1.54, 1.807) is 6.21 Å². The number of rotatable bonds is 4. The monoisotopic (exact) mass is 505 g/mol. The number of aliphatic imine (C=N–C) groups is 1. The minimum absolute atomic E-state index is 0.160. The Labute approximate surface area is 206 Å². The number of hydrogen-bond acceptors (Lipinski definition) is 9. The molecule has 0 amide bonds. The fourth-order valence-electron chi connectivity index (χ4n) is 4.54. The van der Waals surface area contributed by atoms with Gasteiger partial charge in [-0.25, -0.2) is 19.9 Å². The molecule has 0 radical (unpaired) electrons. The first-order valence-corrected chi connectivity index (χ1v) is 12.1. The van der Waals surface area contributed by atoms with Gasteiger partial charge in [0.1, 0.15) is 12.4 Å². The van der Waals surface area contributed by atoms with Crippen LogP contribution in [0.5, 0.6) is 0 Å². The molecule has 0 aromatic carbocycles. The van der Waals surface area contributed by atoms with Crippen molar-refractivity contribution in [3.63, 3.8) is 0 Å². The van der Waals surface area contributed by atoms with E-state index in [0.717, 1.165) is 13.1 Å². The van der Waals surface area contributed by atoms with E-state index in [0.29, 0.717) is 80.8 Å². The molecule has 2 fully saturated rings. The molecule has 0 saturated carbocycles. The number of anilines is 2. The predicted octanol–water partition coefficient (Wildman–Crippen LogP) is 2.03. The molecule has 13 heteroatoms. The number of morpholine rings is 1. The van der Waals surface area contributed by atoms with Crippen molar-refractivity contribution >= 4 is 34.7 Å². The highest BCUT2D eigenvalue weighted by Gasteiger charge is 2.34. The molecule has 0 spiro atoms. The zero-order valence-electron chi connectivity index (χ0n) is 20.2. The van der Waals surface area contributed by atoms with E-state index in [2.05, 4.69) is 14.9 Å². The highest BCUT2D eigenvalue weighted by molar-refractivity contribution is 6.09. The van der Waals surface area contributed by atoms with Gasteiger partial charge in [-0.3, -0.25) is 4.57 Å². The fraction of sp³-hybridized carbons (Fsp3) is 0.565. The lowest BCUT2D eigenvalue weighted by Crippen LogP contribution is -2.45. The van der Waals surface area contributed by atoms with Crippen molar-refractivity contribution < 1.29 is 17.9 Å². The average molecular weight is 506 g/mol. The largest absolute Gasteiger partial charge is 0.406 e. The third-order valence-electron chi connectivity index (χ3n) is 6.49. The number of alkyl halides is 3. The first-order chi connectivity index (χ1) is 17.3. The molecule has 2 saturated heterocycles. The number of hydrogen-bond donors (Lipinski definition) is 1. The zero-order valence-corrected chi connectivity index (χ0v) is 20.2. The van der Waals surface area contributed by atoms with Crippen LogP contribution in [0.3, 0.4) is 0 Å². The molecule has 0 bridgehead atoms. The van der Waals surface area contributed by atoms with Gasteiger partial charge >= 0.3 is 6.18 Å². The quantitative estimate of drug-likeness (QED) is 0.674. The molecule has 2 aromatic heterocycles. The van der Waals surface area contributed by atoms with Gasteiger partial charge in [0, 0.05) is 51.1 Å². The van der Waals surface area contributed by atoms with Crippen LogP contribution in [0.25, 0.3) is 16.7 Å². The minimum atomic E-state index is -4.45. The topological polar surface area (TPSA) is 101 Å². The summed E-state index contributed by atoms with van der Waals surface area (Å²) in [5.74, 6) is 1.46. The van der Waals surface area contributed by atoms with Crippen molar-refractivity contribution in [1.29, 1.82) is 0 Å². The van der Waals surface area contributed by atoms with Crippen molar-refractivity contribution in [3.8, 4) is 0 Å². The summed E-state index contributed by atoms with van der Waals surface area (Å²) in [5, 5.41) is 0. The third-order valence-corrected chi connectivity index (χ3v) is 6.49. The van der Waals surface area contributed by atoms with Gasteiger partial charge in [-0.15, -0.1) is 0 Å². The lowest BCUT2D eigenvalue weighted by atomic mass is 10.1. The molecular formula is C23H30F3N9O. The normalized spacial score (nSPS) is 20.3. The minimum Gasteiger partial charge on any atom is -0.384 e. The summed E-state index contributed by atoms with van der Waals surface area (Å²) in [5.41, 5.74) is 7.03. The molecule has 2 aromatic rings.